The van der Waals surface area contributed by atoms with Crippen molar-refractivity contribution in [2.24, 2.45) is 0 Å². The van der Waals surface area contributed by atoms with Gasteiger partial charge in [0.2, 0.25) is 5.91 Å². The fourth-order valence-electron chi connectivity index (χ4n) is 2.98. The van der Waals surface area contributed by atoms with E-state index < -0.39 is 0 Å². The predicted molar refractivity (Wildman–Crippen MR) is 93.9 cm³/mol. The summed E-state index contributed by atoms with van der Waals surface area (Å²) in [6.45, 7) is 0.621. The van der Waals surface area contributed by atoms with Gasteiger partial charge in [-0.15, -0.1) is 11.3 Å². The molecule has 1 aromatic carbocycles. The van der Waals surface area contributed by atoms with E-state index in [0.29, 0.717) is 13.0 Å². The predicted octanol–water partition coefficient (Wildman–Crippen LogP) is 3.83. The summed E-state index contributed by atoms with van der Waals surface area (Å²) >= 11 is 7.68. The van der Waals surface area contributed by atoms with E-state index in [9.17, 15) is 9.90 Å². The van der Waals surface area contributed by atoms with Crippen LogP contribution in [-0.4, -0.2) is 20.8 Å². The summed E-state index contributed by atoms with van der Waals surface area (Å²) in [7, 11) is 0. The Bertz CT molecular complexity index is 905. The number of hydrogen-bond donors (Lipinski definition) is 2. The smallest absolute Gasteiger partial charge is 0.226 e. The van der Waals surface area contributed by atoms with Crippen molar-refractivity contribution in [1.82, 2.24) is 9.78 Å². The van der Waals surface area contributed by atoms with Crippen LogP contribution < -0.4 is 5.32 Å². The zero-order valence-electron chi connectivity index (χ0n) is 12.6. The molecule has 1 aliphatic heterocycles. The zero-order chi connectivity index (χ0) is 16.7. The number of fused-ring (bicyclic) bond motifs is 1. The average Bonchev–Trinajstić information content (AvgIpc) is 3.20. The van der Waals surface area contributed by atoms with Crippen LogP contribution >= 0.6 is 22.9 Å². The monoisotopic (exact) mass is 359 g/mol. The number of aromatic hydroxyl groups is 1. The summed E-state index contributed by atoms with van der Waals surface area (Å²) in [6, 6.07) is 9.10. The molecule has 0 saturated heterocycles. The number of amides is 1. The first-order chi connectivity index (χ1) is 11.6. The molecule has 0 bridgehead atoms. The van der Waals surface area contributed by atoms with Gasteiger partial charge in [-0.1, -0.05) is 23.7 Å². The van der Waals surface area contributed by atoms with E-state index in [0.717, 1.165) is 16.9 Å². The number of anilines is 1. The minimum Gasteiger partial charge on any atom is -0.506 e. The molecule has 122 valence electrons. The number of hydrogen-bond acceptors (Lipinski definition) is 4. The van der Waals surface area contributed by atoms with Crippen LogP contribution in [0, 0.1) is 0 Å². The van der Waals surface area contributed by atoms with Crippen LogP contribution in [-0.2, 0) is 11.3 Å². The van der Waals surface area contributed by atoms with Crippen molar-refractivity contribution < 1.29 is 9.90 Å². The largest absolute Gasteiger partial charge is 0.506 e. The molecule has 0 spiro atoms. The molecule has 1 atom stereocenters. The molecule has 2 aromatic heterocycles. The molecular weight excluding hydrogens is 346 g/mol. The third-order valence-electron chi connectivity index (χ3n) is 4.15. The molecule has 0 saturated carbocycles. The summed E-state index contributed by atoms with van der Waals surface area (Å²) < 4.78 is 1.81. The lowest BCUT2D eigenvalue weighted by Gasteiger charge is -2.24. The van der Waals surface area contributed by atoms with Crippen molar-refractivity contribution in [3.8, 4) is 5.75 Å². The van der Waals surface area contributed by atoms with Gasteiger partial charge >= 0.3 is 0 Å². The maximum absolute atomic E-state index is 12.2. The Hall–Kier alpha value is -2.31. The second kappa shape index (κ2) is 5.96. The van der Waals surface area contributed by atoms with Gasteiger partial charge in [0, 0.05) is 22.8 Å². The first-order valence-corrected chi connectivity index (χ1v) is 8.74. The Morgan fingerprint density at radius 3 is 3.04 bits per heavy atom. The molecule has 0 aliphatic carbocycles. The molecule has 3 aromatic rings. The molecule has 7 heteroatoms. The summed E-state index contributed by atoms with van der Waals surface area (Å²) in [4.78, 5) is 13.4. The van der Waals surface area contributed by atoms with Crippen molar-refractivity contribution in [2.45, 2.75) is 18.9 Å². The second-order valence-corrected chi connectivity index (χ2v) is 7.14. The Kier molecular flexibility index (Phi) is 3.78. The lowest BCUT2D eigenvalue weighted by molar-refractivity contribution is -0.116. The van der Waals surface area contributed by atoms with E-state index in [1.165, 1.54) is 4.88 Å². The number of nitrogens with one attached hydrogen (secondary N) is 1. The number of benzene rings is 1. The topological polar surface area (TPSA) is 67.1 Å². The fourth-order valence-corrected chi connectivity index (χ4v) is 3.85. The third kappa shape index (κ3) is 2.68. The number of carbonyl (C=O) groups excluding carboxylic acids is 1. The number of thiophene rings is 1. The molecule has 5 nitrogen and oxygen atoms in total. The van der Waals surface area contributed by atoms with Crippen LogP contribution in [0.5, 0.6) is 5.75 Å². The highest BCUT2D eigenvalue weighted by Crippen LogP contribution is 2.39. The minimum absolute atomic E-state index is 0.0364. The summed E-state index contributed by atoms with van der Waals surface area (Å²) in [5.41, 5.74) is 1.86. The highest BCUT2D eigenvalue weighted by Gasteiger charge is 2.30. The maximum Gasteiger partial charge on any atom is 0.226 e. The normalized spacial score (nSPS) is 16.7. The number of aromatic nitrogens is 2. The number of halogens is 1. The van der Waals surface area contributed by atoms with E-state index in [4.69, 9.17) is 11.6 Å². The average molecular weight is 360 g/mol. The van der Waals surface area contributed by atoms with Gasteiger partial charge in [-0.05, 0) is 29.1 Å². The maximum atomic E-state index is 12.2. The number of carbonyl (C=O) groups is 1. The molecule has 0 fully saturated rings. The van der Waals surface area contributed by atoms with Gasteiger partial charge in [0.25, 0.3) is 0 Å². The van der Waals surface area contributed by atoms with Crippen LogP contribution in [0.15, 0.2) is 41.9 Å². The highest BCUT2D eigenvalue weighted by atomic mass is 35.5. The first-order valence-electron chi connectivity index (χ1n) is 7.48. The molecule has 2 N–H and O–H groups in total. The van der Waals surface area contributed by atoms with Gasteiger partial charge in [-0.25, -0.2) is 4.68 Å². The molecule has 0 unspecified atom stereocenters. The lowest BCUT2D eigenvalue weighted by Crippen LogP contribution is -2.25. The van der Waals surface area contributed by atoms with Crippen molar-refractivity contribution in [2.75, 3.05) is 5.32 Å². The van der Waals surface area contributed by atoms with E-state index in [-0.39, 0.29) is 22.6 Å². The van der Waals surface area contributed by atoms with Crippen LogP contribution in [0.3, 0.4) is 0 Å². The van der Waals surface area contributed by atoms with Gasteiger partial charge in [0.15, 0.2) is 0 Å². The molecule has 24 heavy (non-hydrogen) atoms. The third-order valence-corrected chi connectivity index (χ3v) is 5.31. The van der Waals surface area contributed by atoms with Crippen molar-refractivity contribution >= 4 is 34.7 Å². The zero-order valence-corrected chi connectivity index (χ0v) is 14.1. The van der Waals surface area contributed by atoms with Gasteiger partial charge < -0.3 is 10.4 Å². The molecule has 0 radical (unpaired) electrons. The quantitative estimate of drug-likeness (QED) is 0.747. The number of rotatable bonds is 3. The number of nitrogens with zero attached hydrogens (tertiary/aromatic N) is 2. The Morgan fingerprint density at radius 2 is 2.29 bits per heavy atom. The van der Waals surface area contributed by atoms with Crippen LogP contribution in [0.2, 0.25) is 5.02 Å². The fraction of sp³-hybridized carbons (Fsp3) is 0.176. The van der Waals surface area contributed by atoms with Gasteiger partial charge in [-0.3, -0.25) is 4.79 Å². The molecular formula is C17H14ClN3O2S. The number of phenols is 1. The van der Waals surface area contributed by atoms with E-state index in [2.05, 4.69) is 10.4 Å². The Balaban J connectivity index is 1.73. The van der Waals surface area contributed by atoms with E-state index >= 15 is 0 Å². The summed E-state index contributed by atoms with van der Waals surface area (Å²) in [5.74, 6) is 0.594. The van der Waals surface area contributed by atoms with E-state index in [1.807, 2.05) is 22.2 Å². The minimum atomic E-state index is -0.121. The SMILES string of the molecule is O=C1C[C@H](c2ccc(O)c(Cl)c2)c2cnn(Cc3cccs3)c2N1. The summed E-state index contributed by atoms with van der Waals surface area (Å²) in [5, 5.41) is 19.3. The van der Waals surface area contributed by atoms with Crippen molar-refractivity contribution in [1.29, 1.82) is 0 Å². The Labute approximate surface area is 147 Å². The lowest BCUT2D eigenvalue weighted by atomic mass is 9.87. The van der Waals surface area contributed by atoms with Crippen LogP contribution in [0.1, 0.15) is 28.3 Å². The molecule has 4 rings (SSSR count). The van der Waals surface area contributed by atoms with E-state index in [1.54, 1.807) is 35.7 Å². The van der Waals surface area contributed by atoms with Crippen LogP contribution in [0.25, 0.3) is 0 Å². The number of phenolic OH excluding ortho intramolecular Hbond substituents is 1. The standard InChI is InChI=1S/C17H14ClN3O2S/c18-14-6-10(3-4-15(14)22)12-7-16(23)20-17-13(12)8-19-21(17)9-11-2-1-5-24-11/h1-6,8,12,22H,7,9H2,(H,20,23)/t12-/m1/s1. The Morgan fingerprint density at radius 1 is 1.42 bits per heavy atom. The first kappa shape index (κ1) is 15.2. The summed E-state index contributed by atoms with van der Waals surface area (Å²) in [6.07, 6.45) is 2.13. The van der Waals surface area contributed by atoms with Crippen molar-refractivity contribution in [3.63, 3.8) is 0 Å². The van der Waals surface area contributed by atoms with Crippen molar-refractivity contribution in [3.05, 3.63) is 62.9 Å². The van der Waals surface area contributed by atoms with Gasteiger partial charge in [-0.2, -0.15) is 5.10 Å². The van der Waals surface area contributed by atoms with Gasteiger partial charge in [0.1, 0.15) is 11.6 Å². The highest BCUT2D eigenvalue weighted by molar-refractivity contribution is 7.09. The molecule has 1 amide bonds. The van der Waals surface area contributed by atoms with Crippen LogP contribution in [0.4, 0.5) is 5.82 Å². The second-order valence-electron chi connectivity index (χ2n) is 5.70. The van der Waals surface area contributed by atoms with Gasteiger partial charge in [0.05, 0.1) is 17.8 Å². The molecule has 1 aliphatic rings. The molecule has 3 heterocycles.